The van der Waals surface area contributed by atoms with Crippen LogP contribution >= 0.6 is 0 Å². The molecule has 2 N–H and O–H groups in total. The first-order valence-electron chi connectivity index (χ1n) is 10.2. The zero-order valence-electron chi connectivity index (χ0n) is 18.0. The Morgan fingerprint density at radius 1 is 1.28 bits per heavy atom. The van der Waals surface area contributed by atoms with E-state index in [4.69, 9.17) is 23.7 Å². The standard InChI is InChI=1S/C22H26O10/c1-4-29-22(27)32-16-10-17-20(31-17)13-8-12(28-3)9-15(24)18(13)21(26)30-11(2)6-5-7-14(23)19(16)25/h5,7-9,11,16-17,19-20,24-25H,4,6,10H2,1-3H3/b7-5+/t11-,16-,17+,19+,20+/m0/s1. The Kier molecular flexibility index (Phi) is 7.37. The molecule has 10 nitrogen and oxygen atoms in total. The number of hydrogen-bond acceptors (Lipinski definition) is 10. The number of epoxide rings is 1. The molecule has 5 atom stereocenters. The molecule has 2 aliphatic heterocycles. The molecule has 2 aliphatic rings. The van der Waals surface area contributed by atoms with Gasteiger partial charge in [0.05, 0.1) is 19.8 Å². The van der Waals surface area contributed by atoms with Crippen LogP contribution in [0, 0.1) is 0 Å². The molecule has 0 bridgehead atoms. The largest absolute Gasteiger partial charge is 0.508 e. The van der Waals surface area contributed by atoms with Crippen molar-refractivity contribution in [2.24, 2.45) is 0 Å². The number of ketones is 1. The maximum absolute atomic E-state index is 12.8. The van der Waals surface area contributed by atoms with Crippen molar-refractivity contribution in [2.75, 3.05) is 13.7 Å². The number of fused-ring (bicyclic) bond motifs is 3. The summed E-state index contributed by atoms with van der Waals surface area (Å²) < 4.78 is 26.2. The van der Waals surface area contributed by atoms with Crippen LogP contribution in [0.3, 0.4) is 0 Å². The predicted octanol–water partition coefficient (Wildman–Crippen LogP) is 2.21. The molecule has 1 fully saturated rings. The molecular weight excluding hydrogens is 424 g/mol. The molecule has 0 aliphatic carbocycles. The molecule has 1 aromatic rings. The lowest BCUT2D eigenvalue weighted by Crippen LogP contribution is -2.38. The highest BCUT2D eigenvalue weighted by Crippen LogP contribution is 2.46. The third-order valence-electron chi connectivity index (χ3n) is 5.13. The van der Waals surface area contributed by atoms with Gasteiger partial charge in [-0.2, -0.15) is 0 Å². The molecule has 10 heteroatoms. The van der Waals surface area contributed by atoms with Gasteiger partial charge in [0, 0.05) is 24.5 Å². The molecule has 0 saturated carbocycles. The molecule has 1 saturated heterocycles. The van der Waals surface area contributed by atoms with Crippen molar-refractivity contribution >= 4 is 17.9 Å². The Morgan fingerprint density at radius 3 is 2.72 bits per heavy atom. The first-order chi connectivity index (χ1) is 15.2. The van der Waals surface area contributed by atoms with Crippen molar-refractivity contribution in [2.45, 2.75) is 57.2 Å². The molecule has 32 heavy (non-hydrogen) atoms. The van der Waals surface area contributed by atoms with E-state index in [1.165, 1.54) is 19.3 Å². The van der Waals surface area contributed by atoms with Gasteiger partial charge in [0.2, 0.25) is 0 Å². The lowest BCUT2D eigenvalue weighted by molar-refractivity contribution is -0.129. The summed E-state index contributed by atoms with van der Waals surface area (Å²) in [5, 5.41) is 20.9. The van der Waals surface area contributed by atoms with Crippen LogP contribution in [0.25, 0.3) is 0 Å². The van der Waals surface area contributed by atoms with Crippen LogP contribution in [0.2, 0.25) is 0 Å². The number of rotatable bonds is 3. The fourth-order valence-corrected chi connectivity index (χ4v) is 3.48. The van der Waals surface area contributed by atoms with Crippen LogP contribution < -0.4 is 4.74 Å². The summed E-state index contributed by atoms with van der Waals surface area (Å²) in [5.74, 6) is -1.46. The van der Waals surface area contributed by atoms with E-state index in [0.717, 1.165) is 6.08 Å². The number of aliphatic hydroxyl groups is 1. The zero-order chi connectivity index (χ0) is 23.4. The first kappa shape index (κ1) is 23.6. The molecule has 0 amide bonds. The monoisotopic (exact) mass is 450 g/mol. The minimum atomic E-state index is -1.64. The number of carbonyl (C=O) groups is 3. The van der Waals surface area contributed by atoms with Gasteiger partial charge in [-0.05, 0) is 26.0 Å². The third-order valence-corrected chi connectivity index (χ3v) is 5.13. The van der Waals surface area contributed by atoms with Gasteiger partial charge in [-0.15, -0.1) is 0 Å². The first-order valence-corrected chi connectivity index (χ1v) is 10.2. The van der Waals surface area contributed by atoms with Crippen molar-refractivity contribution in [3.8, 4) is 11.5 Å². The third kappa shape index (κ3) is 5.38. The molecule has 174 valence electrons. The Bertz CT molecular complexity index is 908. The van der Waals surface area contributed by atoms with E-state index in [1.54, 1.807) is 19.9 Å². The van der Waals surface area contributed by atoms with Crippen LogP contribution in [0.15, 0.2) is 24.3 Å². The van der Waals surface area contributed by atoms with Gasteiger partial charge in [-0.3, -0.25) is 4.79 Å². The summed E-state index contributed by atoms with van der Waals surface area (Å²) in [6, 6.07) is 2.83. The minimum Gasteiger partial charge on any atom is -0.507 e. The summed E-state index contributed by atoms with van der Waals surface area (Å²) in [4.78, 5) is 37.0. The van der Waals surface area contributed by atoms with Crippen LogP contribution in [0.5, 0.6) is 11.5 Å². The Balaban J connectivity index is 1.97. The van der Waals surface area contributed by atoms with E-state index in [-0.39, 0.29) is 30.8 Å². The summed E-state index contributed by atoms with van der Waals surface area (Å²) in [5.41, 5.74) is 0.262. The van der Waals surface area contributed by atoms with E-state index in [0.29, 0.717) is 11.3 Å². The summed E-state index contributed by atoms with van der Waals surface area (Å²) in [7, 11) is 1.41. The van der Waals surface area contributed by atoms with Crippen molar-refractivity contribution in [3.05, 3.63) is 35.4 Å². The second-order valence-electron chi connectivity index (χ2n) is 7.48. The SMILES string of the molecule is CCOC(=O)O[C@H]1C[C@H]2O[C@@H]2c2cc(OC)cc(O)c2C(=O)O[C@@H](C)C/C=C/C(=O)[C@H]1O. The summed E-state index contributed by atoms with van der Waals surface area (Å²) >= 11 is 0. The maximum atomic E-state index is 12.8. The number of carbonyl (C=O) groups excluding carboxylic acids is 3. The van der Waals surface area contributed by atoms with Crippen LogP contribution in [0.1, 0.15) is 48.7 Å². The fraction of sp³-hybridized carbons (Fsp3) is 0.500. The van der Waals surface area contributed by atoms with E-state index in [1.807, 2.05) is 0 Å². The van der Waals surface area contributed by atoms with Crippen molar-refractivity contribution in [1.82, 2.24) is 0 Å². The van der Waals surface area contributed by atoms with Gasteiger partial charge in [0.15, 0.2) is 11.9 Å². The zero-order valence-corrected chi connectivity index (χ0v) is 18.0. The predicted molar refractivity (Wildman–Crippen MR) is 108 cm³/mol. The number of aliphatic hydroxyl groups excluding tert-OH is 1. The van der Waals surface area contributed by atoms with Crippen LogP contribution in [0.4, 0.5) is 4.79 Å². The molecule has 1 aromatic carbocycles. The number of hydrogen-bond donors (Lipinski definition) is 2. The van der Waals surface area contributed by atoms with Gasteiger partial charge < -0.3 is 33.9 Å². The minimum absolute atomic E-state index is 0.0485. The van der Waals surface area contributed by atoms with Crippen molar-refractivity contribution in [3.63, 3.8) is 0 Å². The van der Waals surface area contributed by atoms with E-state index in [9.17, 15) is 24.6 Å². The van der Waals surface area contributed by atoms with Gasteiger partial charge >= 0.3 is 12.1 Å². The average Bonchev–Trinajstić information content (AvgIpc) is 3.50. The molecule has 0 radical (unpaired) electrons. The molecule has 3 rings (SSSR count). The van der Waals surface area contributed by atoms with E-state index in [2.05, 4.69) is 0 Å². The number of esters is 1. The number of aromatic hydroxyl groups is 1. The molecular formula is C22H26O10. The normalized spacial score (nSPS) is 28.9. The van der Waals surface area contributed by atoms with Gasteiger partial charge in [-0.25, -0.2) is 9.59 Å². The Hall–Kier alpha value is -3.11. The van der Waals surface area contributed by atoms with Crippen LogP contribution in [-0.2, 0) is 23.7 Å². The topological polar surface area (TPSA) is 141 Å². The maximum Gasteiger partial charge on any atom is 0.508 e. The number of phenols is 1. The molecule has 2 heterocycles. The second kappa shape index (κ2) is 10.0. The van der Waals surface area contributed by atoms with Crippen molar-refractivity contribution < 1.29 is 48.3 Å². The number of ether oxygens (including phenoxy) is 5. The van der Waals surface area contributed by atoms with Crippen LogP contribution in [-0.4, -0.2) is 66.3 Å². The number of phenolic OH excluding ortho intramolecular Hbond substituents is 1. The van der Waals surface area contributed by atoms with Crippen molar-refractivity contribution in [1.29, 1.82) is 0 Å². The van der Waals surface area contributed by atoms with Gasteiger partial charge in [-0.1, -0.05) is 6.08 Å². The van der Waals surface area contributed by atoms with Gasteiger partial charge in [0.1, 0.15) is 35.4 Å². The highest BCUT2D eigenvalue weighted by atomic mass is 16.7. The van der Waals surface area contributed by atoms with E-state index >= 15 is 0 Å². The highest BCUT2D eigenvalue weighted by Gasteiger charge is 2.47. The highest BCUT2D eigenvalue weighted by molar-refractivity contribution is 5.95. The second-order valence-corrected chi connectivity index (χ2v) is 7.48. The van der Waals surface area contributed by atoms with E-state index < -0.39 is 48.4 Å². The quantitative estimate of drug-likeness (QED) is 0.520. The fourth-order valence-electron chi connectivity index (χ4n) is 3.48. The lowest BCUT2D eigenvalue weighted by atomic mass is 9.96. The van der Waals surface area contributed by atoms with Gasteiger partial charge in [0.25, 0.3) is 0 Å². The Morgan fingerprint density at radius 2 is 2.03 bits per heavy atom. The lowest BCUT2D eigenvalue weighted by Gasteiger charge is -2.21. The number of methoxy groups -OCH3 is 1. The average molecular weight is 450 g/mol. The number of benzene rings is 1. The summed E-state index contributed by atoms with van der Waals surface area (Å²) in [6.07, 6.45) is -3.09. The number of cyclic esters (lactones) is 1. The molecule has 0 aromatic heterocycles. The summed E-state index contributed by atoms with van der Waals surface area (Å²) in [6.45, 7) is 3.28. The molecule has 0 spiro atoms. The smallest absolute Gasteiger partial charge is 0.507 e. The molecule has 0 unspecified atom stereocenters. The Labute approximate surface area is 184 Å².